The van der Waals surface area contributed by atoms with Gasteiger partial charge in [0.05, 0.1) is 4.70 Å². The summed E-state index contributed by atoms with van der Waals surface area (Å²) >= 11 is 1.30. The first-order valence-electron chi connectivity index (χ1n) is 8.30. The lowest BCUT2D eigenvalue weighted by Gasteiger charge is -2.04. The zero-order chi connectivity index (χ0) is 19.2. The molecular weight excluding hydrogens is 360 g/mol. The lowest BCUT2D eigenvalue weighted by Crippen LogP contribution is -1.99. The number of allylic oxidation sites excluding steroid dienone is 2. The van der Waals surface area contributed by atoms with Gasteiger partial charge in [0, 0.05) is 12.0 Å². The number of phenolic OH excluding ortho intramolecular Hbond substituents is 1. The van der Waals surface area contributed by atoms with Gasteiger partial charge in [0.25, 0.3) is 0 Å². The molecule has 3 N–H and O–H groups in total. The second-order valence-corrected chi connectivity index (χ2v) is 6.84. The zero-order valence-electron chi connectivity index (χ0n) is 14.7. The van der Waals surface area contributed by atoms with Crippen LogP contribution >= 0.6 is 11.3 Å². The van der Waals surface area contributed by atoms with E-state index in [1.807, 2.05) is 37.3 Å². The second-order valence-electron chi connectivity index (χ2n) is 5.78. The van der Waals surface area contributed by atoms with E-state index in [0.717, 1.165) is 10.3 Å². The fourth-order valence-electron chi connectivity index (χ4n) is 2.55. The minimum absolute atomic E-state index is 0.0494. The molecule has 0 aliphatic heterocycles. The maximum absolute atomic E-state index is 11.7. The Labute approximate surface area is 161 Å². The first-order valence-corrected chi connectivity index (χ1v) is 9.12. The number of ketones is 1. The molecule has 0 spiro atoms. The van der Waals surface area contributed by atoms with Crippen molar-refractivity contribution in [2.75, 3.05) is 12.3 Å². The highest BCUT2D eigenvalue weighted by Crippen LogP contribution is 2.31. The molecule has 0 saturated heterocycles. The van der Waals surface area contributed by atoms with Crippen LogP contribution in [0.1, 0.15) is 18.1 Å². The van der Waals surface area contributed by atoms with Gasteiger partial charge in [0.15, 0.2) is 10.9 Å². The number of fused-ring (bicyclic) bond motifs is 1. The van der Waals surface area contributed by atoms with Crippen molar-refractivity contribution in [1.82, 2.24) is 4.98 Å². The van der Waals surface area contributed by atoms with Crippen molar-refractivity contribution in [3.05, 3.63) is 59.7 Å². The highest BCUT2D eigenvalue weighted by atomic mass is 32.1. The molecule has 0 aliphatic carbocycles. The number of anilines is 1. The van der Waals surface area contributed by atoms with Gasteiger partial charge in [0.2, 0.25) is 0 Å². The van der Waals surface area contributed by atoms with Crippen molar-refractivity contribution < 1.29 is 14.6 Å². The number of hydrogen-bond donors (Lipinski definition) is 2. The van der Waals surface area contributed by atoms with Gasteiger partial charge in [-0.3, -0.25) is 4.79 Å². The third-order valence-corrected chi connectivity index (χ3v) is 4.50. The Morgan fingerprint density at radius 3 is 3.04 bits per heavy atom. The number of nitrogens with zero attached hydrogens (tertiary/aromatic N) is 1. The Balaban J connectivity index is 1.64. The summed E-state index contributed by atoms with van der Waals surface area (Å²) in [6.45, 7) is 2.01. The highest BCUT2D eigenvalue weighted by molar-refractivity contribution is 7.22. The number of aromatic hydroxyl groups is 1. The van der Waals surface area contributed by atoms with Crippen LogP contribution in [0, 0.1) is 11.8 Å². The van der Waals surface area contributed by atoms with Gasteiger partial charge in [-0.2, -0.15) is 0 Å². The number of thiazole rings is 1. The summed E-state index contributed by atoms with van der Waals surface area (Å²) in [6, 6.07) is 10.8. The predicted octanol–water partition coefficient (Wildman–Crippen LogP) is 3.70. The Hall–Kier alpha value is -3.30. The minimum Gasteiger partial charge on any atom is -0.506 e. The molecule has 6 heteroatoms. The van der Waals surface area contributed by atoms with E-state index in [4.69, 9.17) is 10.5 Å². The number of phenols is 1. The summed E-state index contributed by atoms with van der Waals surface area (Å²) < 4.78 is 6.42. The molecule has 0 aliphatic rings. The van der Waals surface area contributed by atoms with Gasteiger partial charge in [-0.1, -0.05) is 41.4 Å². The van der Waals surface area contributed by atoms with Crippen molar-refractivity contribution in [3.8, 4) is 23.3 Å². The average molecular weight is 378 g/mol. The number of ether oxygens (including phenoxy) is 1. The van der Waals surface area contributed by atoms with Crippen LogP contribution in [0.15, 0.2) is 48.6 Å². The lowest BCUT2D eigenvalue weighted by molar-refractivity contribution is -0.114. The molecule has 0 bridgehead atoms. The van der Waals surface area contributed by atoms with Gasteiger partial charge in [-0.25, -0.2) is 4.98 Å². The van der Waals surface area contributed by atoms with Crippen molar-refractivity contribution in [1.29, 1.82) is 0 Å². The molecule has 0 unspecified atom stereocenters. The summed E-state index contributed by atoms with van der Waals surface area (Å²) in [5.74, 6) is 6.65. The average Bonchev–Trinajstić information content (AvgIpc) is 3.00. The predicted molar refractivity (Wildman–Crippen MR) is 108 cm³/mol. The molecule has 0 atom stereocenters. The largest absolute Gasteiger partial charge is 0.506 e. The normalized spacial score (nSPS) is 10.7. The topological polar surface area (TPSA) is 85.4 Å². The van der Waals surface area contributed by atoms with Gasteiger partial charge < -0.3 is 15.6 Å². The number of hydrogen-bond acceptors (Lipinski definition) is 6. The molecule has 3 aromatic rings. The van der Waals surface area contributed by atoms with Crippen LogP contribution < -0.4 is 10.5 Å². The molecule has 3 rings (SSSR count). The van der Waals surface area contributed by atoms with E-state index in [2.05, 4.69) is 16.8 Å². The third kappa shape index (κ3) is 4.87. The SMILES string of the molecule is C/C=C/C(=O)Cc1cccc(OCC#Cc2cc(O)c3nc(N)sc3c2)c1. The summed E-state index contributed by atoms with van der Waals surface area (Å²) in [5.41, 5.74) is 7.71. The number of nitrogens with two attached hydrogens (primary N) is 1. The van der Waals surface area contributed by atoms with E-state index in [9.17, 15) is 9.90 Å². The fraction of sp³-hybridized carbons (Fsp3) is 0.143. The molecule has 0 fully saturated rings. The van der Waals surface area contributed by atoms with Gasteiger partial charge in [-0.05, 0) is 42.8 Å². The van der Waals surface area contributed by atoms with Gasteiger partial charge >= 0.3 is 0 Å². The molecule has 0 amide bonds. The second kappa shape index (κ2) is 8.39. The van der Waals surface area contributed by atoms with Crippen LogP contribution in [0.2, 0.25) is 0 Å². The number of nitrogen functional groups attached to an aromatic ring is 1. The number of carbonyl (C=O) groups excluding carboxylic acids is 1. The Kier molecular flexibility index (Phi) is 5.74. The highest BCUT2D eigenvalue weighted by Gasteiger charge is 2.07. The monoisotopic (exact) mass is 378 g/mol. The maximum atomic E-state index is 11.7. The molecule has 2 aromatic carbocycles. The number of aromatic nitrogens is 1. The van der Waals surface area contributed by atoms with Crippen LogP contribution in [0.4, 0.5) is 5.13 Å². The van der Waals surface area contributed by atoms with E-state index >= 15 is 0 Å². The molecule has 1 heterocycles. The van der Waals surface area contributed by atoms with E-state index in [-0.39, 0.29) is 18.1 Å². The van der Waals surface area contributed by atoms with Crippen LogP contribution in [-0.4, -0.2) is 22.5 Å². The summed E-state index contributed by atoms with van der Waals surface area (Å²) in [4.78, 5) is 15.8. The van der Waals surface area contributed by atoms with Gasteiger partial charge in [0.1, 0.15) is 23.6 Å². The molecule has 1 aromatic heterocycles. The number of carbonyl (C=O) groups is 1. The van der Waals surface area contributed by atoms with Crippen molar-refractivity contribution >= 4 is 32.5 Å². The van der Waals surface area contributed by atoms with Crippen molar-refractivity contribution in [2.45, 2.75) is 13.3 Å². The van der Waals surface area contributed by atoms with E-state index in [1.165, 1.54) is 11.3 Å². The molecular formula is C21H18N2O3S. The van der Waals surface area contributed by atoms with Crippen molar-refractivity contribution in [2.24, 2.45) is 0 Å². The van der Waals surface area contributed by atoms with Crippen LogP contribution in [0.25, 0.3) is 10.2 Å². The van der Waals surface area contributed by atoms with Crippen LogP contribution in [-0.2, 0) is 11.2 Å². The zero-order valence-corrected chi connectivity index (χ0v) is 15.5. The Morgan fingerprint density at radius 1 is 1.37 bits per heavy atom. The van der Waals surface area contributed by atoms with E-state index < -0.39 is 0 Å². The molecule has 136 valence electrons. The minimum atomic E-state index is 0.0494. The lowest BCUT2D eigenvalue weighted by atomic mass is 10.1. The Bertz CT molecular complexity index is 1070. The first kappa shape index (κ1) is 18.5. The molecule has 27 heavy (non-hydrogen) atoms. The van der Waals surface area contributed by atoms with E-state index in [0.29, 0.717) is 28.4 Å². The van der Waals surface area contributed by atoms with Crippen molar-refractivity contribution in [3.63, 3.8) is 0 Å². The molecule has 0 saturated carbocycles. The molecule has 0 radical (unpaired) electrons. The fourth-order valence-corrected chi connectivity index (χ4v) is 3.34. The number of benzene rings is 2. The first-order chi connectivity index (χ1) is 13.0. The third-order valence-electron chi connectivity index (χ3n) is 3.66. The summed E-state index contributed by atoms with van der Waals surface area (Å²) in [5, 5.41) is 10.4. The quantitative estimate of drug-likeness (QED) is 0.522. The van der Waals surface area contributed by atoms with E-state index in [1.54, 1.807) is 18.2 Å². The summed E-state index contributed by atoms with van der Waals surface area (Å²) in [6.07, 6.45) is 3.63. The number of rotatable bonds is 5. The van der Waals surface area contributed by atoms with Gasteiger partial charge in [-0.15, -0.1) is 0 Å². The summed E-state index contributed by atoms with van der Waals surface area (Å²) in [7, 11) is 0. The maximum Gasteiger partial charge on any atom is 0.181 e. The smallest absolute Gasteiger partial charge is 0.181 e. The van der Waals surface area contributed by atoms with Crippen LogP contribution in [0.3, 0.4) is 0 Å². The molecule has 5 nitrogen and oxygen atoms in total. The standard InChI is InChI=1S/C21H18N2O3S/c1-2-5-16(24)10-14-6-3-8-17(11-14)26-9-4-7-15-12-18(25)20-19(13-15)27-21(22)23-20/h2-3,5-6,8,11-13,25H,9-10H2,1H3,(H2,22,23)/b5-2+. The van der Waals surface area contributed by atoms with Crippen LogP contribution in [0.5, 0.6) is 11.5 Å². The Morgan fingerprint density at radius 2 is 2.22 bits per heavy atom.